The highest BCUT2D eigenvalue weighted by atomic mass is 19.4. The molecule has 1 fully saturated rings. The molecule has 0 radical (unpaired) electrons. The van der Waals surface area contributed by atoms with Gasteiger partial charge in [0.25, 0.3) is 5.72 Å². The number of hydrogen-bond donors (Lipinski definition) is 1. The molecule has 2 aliphatic rings. The minimum absolute atomic E-state index is 0.0245. The predicted octanol–water partition coefficient (Wildman–Crippen LogP) is 2.78. The van der Waals surface area contributed by atoms with Crippen LogP contribution >= 0.6 is 0 Å². The van der Waals surface area contributed by atoms with E-state index in [4.69, 9.17) is 4.42 Å². The van der Waals surface area contributed by atoms with E-state index in [0.29, 0.717) is 12.8 Å². The molecule has 120 valence electrons. The molecule has 1 aliphatic carbocycles. The molecule has 3 atom stereocenters. The molecule has 1 N–H and O–H groups in total. The summed E-state index contributed by atoms with van der Waals surface area (Å²) in [6, 6.07) is 2.63. The fourth-order valence-corrected chi connectivity index (χ4v) is 3.12. The second-order valence-corrected chi connectivity index (χ2v) is 5.84. The van der Waals surface area contributed by atoms with Gasteiger partial charge in [-0.15, -0.1) is 0 Å². The number of halogens is 3. The molecule has 0 unspecified atom stereocenters. The molecule has 0 spiro atoms. The molecule has 1 saturated carbocycles. The Hall–Kier alpha value is -1.83. The van der Waals surface area contributed by atoms with E-state index in [-0.39, 0.29) is 28.8 Å². The molecule has 1 amide bonds. The predicted molar refractivity (Wildman–Crippen MR) is 69.8 cm³/mol. The van der Waals surface area contributed by atoms with Crippen LogP contribution in [0.25, 0.3) is 0 Å². The Kier molecular flexibility index (Phi) is 3.32. The molecule has 3 rings (SSSR count). The van der Waals surface area contributed by atoms with Gasteiger partial charge in [0, 0.05) is 5.71 Å². The van der Waals surface area contributed by atoms with Crippen molar-refractivity contribution in [2.45, 2.75) is 38.1 Å². The third-order valence-corrected chi connectivity index (χ3v) is 4.31. The molecule has 5 nitrogen and oxygen atoms in total. The van der Waals surface area contributed by atoms with Crippen molar-refractivity contribution in [3.05, 3.63) is 24.2 Å². The van der Waals surface area contributed by atoms with E-state index in [9.17, 15) is 23.1 Å². The second kappa shape index (κ2) is 4.84. The lowest BCUT2D eigenvalue weighted by Crippen LogP contribution is -2.61. The van der Waals surface area contributed by atoms with Crippen LogP contribution in [0, 0.1) is 11.8 Å². The third-order valence-electron chi connectivity index (χ3n) is 4.31. The van der Waals surface area contributed by atoms with E-state index in [1.807, 2.05) is 6.92 Å². The van der Waals surface area contributed by atoms with Crippen molar-refractivity contribution < 1.29 is 27.5 Å². The van der Waals surface area contributed by atoms with Crippen LogP contribution in [0.15, 0.2) is 27.9 Å². The number of rotatable bonds is 1. The van der Waals surface area contributed by atoms with E-state index < -0.39 is 23.7 Å². The molecular formula is C14H15F3N2O3. The van der Waals surface area contributed by atoms with Crippen molar-refractivity contribution >= 4 is 11.6 Å². The van der Waals surface area contributed by atoms with Gasteiger partial charge in [-0.3, -0.25) is 4.79 Å². The van der Waals surface area contributed by atoms with E-state index >= 15 is 0 Å². The van der Waals surface area contributed by atoms with E-state index in [2.05, 4.69) is 5.10 Å². The quantitative estimate of drug-likeness (QED) is 0.866. The van der Waals surface area contributed by atoms with Gasteiger partial charge >= 0.3 is 12.1 Å². The summed E-state index contributed by atoms with van der Waals surface area (Å²) in [5.41, 5.74) is -3.10. The first kappa shape index (κ1) is 15.1. The van der Waals surface area contributed by atoms with Gasteiger partial charge in [-0.05, 0) is 37.3 Å². The van der Waals surface area contributed by atoms with Gasteiger partial charge < -0.3 is 9.52 Å². The summed E-state index contributed by atoms with van der Waals surface area (Å²) < 4.78 is 45.5. The topological polar surface area (TPSA) is 66.0 Å². The Labute approximate surface area is 124 Å². The average Bonchev–Trinajstić information content (AvgIpc) is 3.05. The maximum absolute atomic E-state index is 13.5. The van der Waals surface area contributed by atoms with Crippen molar-refractivity contribution in [1.82, 2.24) is 5.01 Å². The summed E-state index contributed by atoms with van der Waals surface area (Å²) in [6.45, 7) is 1.82. The third kappa shape index (κ3) is 2.05. The molecule has 0 saturated heterocycles. The first-order chi connectivity index (χ1) is 10.2. The zero-order chi connectivity index (χ0) is 16.1. The Morgan fingerprint density at radius 1 is 1.55 bits per heavy atom. The molecule has 0 aromatic carbocycles. The largest absolute Gasteiger partial charge is 0.459 e. The van der Waals surface area contributed by atoms with Crippen molar-refractivity contribution in [3.8, 4) is 0 Å². The zero-order valence-electron chi connectivity index (χ0n) is 11.8. The Morgan fingerprint density at radius 2 is 2.27 bits per heavy atom. The minimum atomic E-state index is -5.01. The number of nitrogens with zero attached hydrogens (tertiary/aromatic N) is 2. The van der Waals surface area contributed by atoms with E-state index in [1.54, 1.807) is 0 Å². The highest BCUT2D eigenvalue weighted by Crippen LogP contribution is 2.49. The van der Waals surface area contributed by atoms with Crippen LogP contribution in [0.5, 0.6) is 0 Å². The summed E-state index contributed by atoms with van der Waals surface area (Å²) in [5.74, 6) is -2.59. The number of fused-ring (bicyclic) bond motifs is 1. The van der Waals surface area contributed by atoms with Crippen LogP contribution < -0.4 is 0 Å². The van der Waals surface area contributed by atoms with Crippen LogP contribution in [0.3, 0.4) is 0 Å². The van der Waals surface area contributed by atoms with Crippen LogP contribution in [-0.2, 0) is 0 Å². The summed E-state index contributed by atoms with van der Waals surface area (Å²) >= 11 is 0. The lowest BCUT2D eigenvalue weighted by Gasteiger charge is -2.39. The Morgan fingerprint density at radius 3 is 2.86 bits per heavy atom. The molecular weight excluding hydrogens is 301 g/mol. The number of furan rings is 1. The Bertz CT molecular complexity index is 611. The molecule has 8 heteroatoms. The summed E-state index contributed by atoms with van der Waals surface area (Å²) in [4.78, 5) is 12.3. The second-order valence-electron chi connectivity index (χ2n) is 5.84. The SMILES string of the molecule is C[C@@H]1CCC2=NN(C(=O)c3ccco3)[C@](O)(C(F)(F)F)[C@H]2C1. The normalized spacial score (nSPS) is 31.9. The number of alkyl halides is 3. The van der Waals surface area contributed by atoms with Crippen LogP contribution in [0.2, 0.25) is 0 Å². The van der Waals surface area contributed by atoms with Crippen molar-refractivity contribution in [2.75, 3.05) is 0 Å². The molecule has 1 aliphatic heterocycles. The monoisotopic (exact) mass is 316 g/mol. The number of carbonyl (C=O) groups is 1. The van der Waals surface area contributed by atoms with Crippen LogP contribution in [0.4, 0.5) is 13.2 Å². The summed E-state index contributed by atoms with van der Waals surface area (Å²) in [7, 11) is 0. The molecule has 2 heterocycles. The number of carbonyl (C=O) groups excluding carboxylic acids is 1. The minimum Gasteiger partial charge on any atom is -0.459 e. The van der Waals surface area contributed by atoms with E-state index in [0.717, 1.165) is 0 Å². The number of hydrazone groups is 1. The fourth-order valence-electron chi connectivity index (χ4n) is 3.12. The first-order valence-electron chi connectivity index (χ1n) is 6.99. The Balaban J connectivity index is 2.04. The zero-order valence-corrected chi connectivity index (χ0v) is 11.8. The summed E-state index contributed by atoms with van der Waals surface area (Å²) in [6.07, 6.45) is -2.67. The smallest absolute Gasteiger partial charge is 0.439 e. The molecule has 22 heavy (non-hydrogen) atoms. The van der Waals surface area contributed by atoms with Crippen molar-refractivity contribution in [2.24, 2.45) is 16.9 Å². The molecule has 1 aromatic heterocycles. The van der Waals surface area contributed by atoms with Gasteiger partial charge in [0.1, 0.15) is 0 Å². The number of amides is 1. The summed E-state index contributed by atoms with van der Waals surface area (Å²) in [5, 5.41) is 14.3. The molecule has 1 aromatic rings. The number of hydrogen-bond acceptors (Lipinski definition) is 4. The standard InChI is InChI=1S/C14H15F3N2O3/c1-8-4-5-10-9(7-8)13(21,14(15,16)17)19(18-10)12(20)11-3-2-6-22-11/h2-3,6,8-9,21H,4-5,7H2,1H3/t8-,9+,13-/m1/s1. The van der Waals surface area contributed by atoms with Crippen molar-refractivity contribution in [1.29, 1.82) is 0 Å². The van der Waals surface area contributed by atoms with Gasteiger partial charge in [0.2, 0.25) is 0 Å². The maximum atomic E-state index is 13.5. The average molecular weight is 316 g/mol. The number of aliphatic hydroxyl groups is 1. The van der Waals surface area contributed by atoms with E-state index in [1.165, 1.54) is 18.4 Å². The lowest BCUT2D eigenvalue weighted by atomic mass is 9.76. The lowest BCUT2D eigenvalue weighted by molar-refractivity contribution is -0.313. The van der Waals surface area contributed by atoms with Gasteiger partial charge in [-0.25, -0.2) is 0 Å². The van der Waals surface area contributed by atoms with Crippen LogP contribution in [-0.4, -0.2) is 33.6 Å². The first-order valence-corrected chi connectivity index (χ1v) is 6.99. The highest BCUT2D eigenvalue weighted by molar-refractivity contribution is 5.97. The fraction of sp³-hybridized carbons (Fsp3) is 0.571. The van der Waals surface area contributed by atoms with Crippen molar-refractivity contribution in [3.63, 3.8) is 0 Å². The highest BCUT2D eigenvalue weighted by Gasteiger charge is 2.69. The van der Waals surface area contributed by atoms with Gasteiger partial charge in [-0.1, -0.05) is 6.92 Å². The van der Waals surface area contributed by atoms with Gasteiger partial charge in [0.15, 0.2) is 5.76 Å². The van der Waals surface area contributed by atoms with Gasteiger partial charge in [0.05, 0.1) is 12.2 Å². The van der Waals surface area contributed by atoms with Crippen LogP contribution in [0.1, 0.15) is 36.7 Å². The molecule has 0 bridgehead atoms. The maximum Gasteiger partial charge on any atom is 0.439 e. The van der Waals surface area contributed by atoms with Gasteiger partial charge in [-0.2, -0.15) is 23.3 Å².